The van der Waals surface area contributed by atoms with Crippen LogP contribution in [0.3, 0.4) is 0 Å². The van der Waals surface area contributed by atoms with Crippen LogP contribution in [0.4, 0.5) is 0 Å². The molecule has 0 fully saturated rings. The minimum Gasteiger partial charge on any atom is -0.305 e. The number of nitrogens with one attached hydrogen (secondary N) is 1. The lowest BCUT2D eigenvalue weighted by atomic mass is 10.0. The third kappa shape index (κ3) is 4.12. The third-order valence-electron chi connectivity index (χ3n) is 2.12. The van der Waals surface area contributed by atoms with Crippen molar-refractivity contribution in [3.8, 4) is 0 Å². The van der Waals surface area contributed by atoms with Gasteiger partial charge in [0.1, 0.15) is 0 Å². The van der Waals surface area contributed by atoms with E-state index in [2.05, 4.69) is 13.8 Å². The number of allylic oxidation sites excluding steroid dienone is 4. The Balaban J connectivity index is 4.09. The Labute approximate surface area is 75.7 Å². The van der Waals surface area contributed by atoms with Crippen LogP contribution in [0, 0.1) is 11.3 Å². The van der Waals surface area contributed by atoms with Crippen LogP contribution in [-0.2, 0) is 0 Å². The second kappa shape index (κ2) is 5.76. The lowest BCUT2D eigenvalue weighted by Crippen LogP contribution is -2.04. The molecular weight excluding hydrogens is 146 g/mol. The van der Waals surface area contributed by atoms with Crippen molar-refractivity contribution in [2.75, 3.05) is 0 Å². The topological polar surface area (TPSA) is 23.9 Å². The van der Waals surface area contributed by atoms with Gasteiger partial charge in [-0.25, -0.2) is 0 Å². The summed E-state index contributed by atoms with van der Waals surface area (Å²) in [4.78, 5) is 0. The standard InChI is InChI=1S/C11H19N/c1-5-9(3)7-8-11(12)10(4)6-2/h5,7-8,10,12H,6H2,1-4H3/b8-7-,9-5-,12-11?. The van der Waals surface area contributed by atoms with Gasteiger partial charge in [0.15, 0.2) is 0 Å². The molecule has 0 aliphatic heterocycles. The van der Waals surface area contributed by atoms with Crippen LogP contribution in [0.25, 0.3) is 0 Å². The maximum atomic E-state index is 7.65. The van der Waals surface area contributed by atoms with Gasteiger partial charge in [-0.15, -0.1) is 0 Å². The van der Waals surface area contributed by atoms with Crippen molar-refractivity contribution in [1.29, 1.82) is 5.41 Å². The summed E-state index contributed by atoms with van der Waals surface area (Å²) in [5, 5.41) is 7.65. The first-order valence-corrected chi connectivity index (χ1v) is 4.51. The van der Waals surface area contributed by atoms with Gasteiger partial charge in [-0.1, -0.05) is 31.6 Å². The van der Waals surface area contributed by atoms with Gasteiger partial charge in [-0.2, -0.15) is 0 Å². The van der Waals surface area contributed by atoms with E-state index in [9.17, 15) is 0 Å². The van der Waals surface area contributed by atoms with Gasteiger partial charge in [-0.05, 0) is 32.3 Å². The molecule has 0 aromatic heterocycles. The predicted molar refractivity (Wildman–Crippen MR) is 55.8 cm³/mol. The molecule has 1 nitrogen and oxygen atoms in total. The molecule has 0 aromatic carbocycles. The molecule has 1 N–H and O–H groups in total. The number of rotatable bonds is 4. The van der Waals surface area contributed by atoms with Crippen molar-refractivity contribution in [1.82, 2.24) is 0 Å². The van der Waals surface area contributed by atoms with Crippen LogP contribution in [0.1, 0.15) is 34.1 Å². The lowest BCUT2D eigenvalue weighted by molar-refractivity contribution is 0.738. The third-order valence-corrected chi connectivity index (χ3v) is 2.12. The molecule has 0 amide bonds. The zero-order chi connectivity index (χ0) is 9.56. The lowest BCUT2D eigenvalue weighted by Gasteiger charge is -2.04. The molecule has 0 heterocycles. The van der Waals surface area contributed by atoms with E-state index >= 15 is 0 Å². The molecular formula is C11H19N. The van der Waals surface area contributed by atoms with Crippen LogP contribution < -0.4 is 0 Å². The molecule has 1 unspecified atom stereocenters. The SMILES string of the molecule is C/C=C(C)\C=C/C(=N)C(C)CC. The highest BCUT2D eigenvalue weighted by molar-refractivity contribution is 5.94. The van der Waals surface area contributed by atoms with Gasteiger partial charge in [-0.3, -0.25) is 0 Å². The minimum atomic E-state index is 0.380. The predicted octanol–water partition coefficient (Wildman–Crippen LogP) is 3.57. The van der Waals surface area contributed by atoms with Gasteiger partial charge >= 0.3 is 0 Å². The first kappa shape index (κ1) is 11.2. The van der Waals surface area contributed by atoms with E-state index in [4.69, 9.17) is 5.41 Å². The molecule has 0 rings (SSSR count). The molecule has 1 atom stereocenters. The smallest absolute Gasteiger partial charge is 0.0342 e. The van der Waals surface area contributed by atoms with E-state index in [-0.39, 0.29) is 0 Å². The van der Waals surface area contributed by atoms with E-state index in [1.54, 1.807) is 0 Å². The molecule has 0 aromatic rings. The average molecular weight is 165 g/mol. The first-order valence-electron chi connectivity index (χ1n) is 4.51. The summed E-state index contributed by atoms with van der Waals surface area (Å²) in [6.07, 6.45) is 6.97. The van der Waals surface area contributed by atoms with Crippen LogP contribution in [0.5, 0.6) is 0 Å². The Morgan fingerprint density at radius 3 is 2.42 bits per heavy atom. The van der Waals surface area contributed by atoms with Crippen molar-refractivity contribution < 1.29 is 0 Å². The Hall–Kier alpha value is -0.850. The maximum absolute atomic E-state index is 7.65. The van der Waals surface area contributed by atoms with Crippen molar-refractivity contribution in [2.45, 2.75) is 34.1 Å². The van der Waals surface area contributed by atoms with E-state index in [1.807, 2.05) is 32.1 Å². The Morgan fingerprint density at radius 1 is 1.42 bits per heavy atom. The average Bonchev–Trinajstić information content (AvgIpc) is 2.11. The zero-order valence-electron chi connectivity index (χ0n) is 8.52. The molecule has 0 saturated heterocycles. The summed E-state index contributed by atoms with van der Waals surface area (Å²) in [6, 6.07) is 0. The van der Waals surface area contributed by atoms with Crippen molar-refractivity contribution in [3.05, 3.63) is 23.8 Å². The molecule has 68 valence electrons. The monoisotopic (exact) mass is 165 g/mol. The maximum Gasteiger partial charge on any atom is 0.0342 e. The molecule has 1 heteroatoms. The van der Waals surface area contributed by atoms with Crippen LogP contribution in [0.15, 0.2) is 23.8 Å². The summed E-state index contributed by atoms with van der Waals surface area (Å²) >= 11 is 0. The summed E-state index contributed by atoms with van der Waals surface area (Å²) in [5.74, 6) is 0.380. The number of hydrogen-bond donors (Lipinski definition) is 1. The second-order valence-electron chi connectivity index (χ2n) is 3.13. The van der Waals surface area contributed by atoms with E-state index in [1.165, 1.54) is 5.57 Å². The van der Waals surface area contributed by atoms with Gasteiger partial charge in [0.2, 0.25) is 0 Å². The van der Waals surface area contributed by atoms with Gasteiger partial charge in [0.05, 0.1) is 0 Å². The molecule has 0 aliphatic rings. The molecule has 0 spiro atoms. The minimum absolute atomic E-state index is 0.380. The fraction of sp³-hybridized carbons (Fsp3) is 0.545. The normalized spacial score (nSPS) is 15.2. The molecule has 0 aliphatic carbocycles. The summed E-state index contributed by atoms with van der Waals surface area (Å²) in [5.41, 5.74) is 1.93. The summed E-state index contributed by atoms with van der Waals surface area (Å²) in [6.45, 7) is 8.24. The van der Waals surface area contributed by atoms with Crippen LogP contribution >= 0.6 is 0 Å². The Bertz CT molecular complexity index is 199. The highest BCUT2D eigenvalue weighted by atomic mass is 14.4. The second-order valence-corrected chi connectivity index (χ2v) is 3.13. The Kier molecular flexibility index (Phi) is 5.35. The van der Waals surface area contributed by atoms with Gasteiger partial charge in [0, 0.05) is 5.71 Å². The van der Waals surface area contributed by atoms with Crippen molar-refractivity contribution in [2.24, 2.45) is 5.92 Å². The number of hydrogen-bond acceptors (Lipinski definition) is 1. The quantitative estimate of drug-likeness (QED) is 0.486. The highest BCUT2D eigenvalue weighted by Gasteiger charge is 2.00. The van der Waals surface area contributed by atoms with Gasteiger partial charge in [0.25, 0.3) is 0 Å². The first-order chi connectivity index (χ1) is 5.61. The Morgan fingerprint density at radius 2 is 2.00 bits per heavy atom. The largest absolute Gasteiger partial charge is 0.305 e. The summed E-state index contributed by atoms with van der Waals surface area (Å²) in [7, 11) is 0. The molecule has 0 bridgehead atoms. The van der Waals surface area contributed by atoms with Crippen molar-refractivity contribution >= 4 is 5.71 Å². The van der Waals surface area contributed by atoms with E-state index in [0.29, 0.717) is 5.92 Å². The van der Waals surface area contributed by atoms with Gasteiger partial charge < -0.3 is 5.41 Å². The highest BCUT2D eigenvalue weighted by Crippen LogP contribution is 2.04. The molecule has 0 saturated carbocycles. The van der Waals surface area contributed by atoms with Crippen LogP contribution in [-0.4, -0.2) is 5.71 Å². The van der Waals surface area contributed by atoms with Crippen LogP contribution in [0.2, 0.25) is 0 Å². The van der Waals surface area contributed by atoms with Crippen molar-refractivity contribution in [3.63, 3.8) is 0 Å². The fourth-order valence-corrected chi connectivity index (χ4v) is 0.702. The van der Waals surface area contributed by atoms with E-state index in [0.717, 1.165) is 12.1 Å². The summed E-state index contributed by atoms with van der Waals surface area (Å²) < 4.78 is 0. The molecule has 12 heavy (non-hydrogen) atoms. The molecule has 0 radical (unpaired) electrons. The van der Waals surface area contributed by atoms with E-state index < -0.39 is 0 Å². The fourth-order valence-electron chi connectivity index (χ4n) is 0.702. The zero-order valence-corrected chi connectivity index (χ0v) is 8.52.